The minimum atomic E-state index is 1.10. The molecule has 0 spiro atoms. The van der Waals surface area contributed by atoms with E-state index in [0.717, 1.165) is 6.54 Å². The second kappa shape index (κ2) is 5.69. The van der Waals surface area contributed by atoms with Crippen LogP contribution >= 0.6 is 0 Å². The predicted molar refractivity (Wildman–Crippen MR) is 64.0 cm³/mol. The van der Waals surface area contributed by atoms with Crippen molar-refractivity contribution in [3.8, 4) is 0 Å². The molecule has 0 atom stereocenters. The Bertz CT molecular complexity index is 268. The smallest absolute Gasteiger partial charge is 0.0395 e. The van der Waals surface area contributed by atoms with Crippen LogP contribution < -0.4 is 4.90 Å². The number of hydrogen-bond acceptors (Lipinski definition) is 1. The molecule has 1 rings (SSSR count). The number of anilines is 1. The van der Waals surface area contributed by atoms with Gasteiger partial charge in [-0.1, -0.05) is 31.5 Å². The Morgan fingerprint density at radius 1 is 1.14 bits per heavy atom. The van der Waals surface area contributed by atoms with Crippen molar-refractivity contribution in [1.82, 2.24) is 0 Å². The van der Waals surface area contributed by atoms with Crippen LogP contribution in [0.25, 0.3) is 0 Å². The third kappa shape index (κ3) is 2.76. The number of benzene rings is 1. The molecule has 14 heavy (non-hydrogen) atoms. The van der Waals surface area contributed by atoms with Gasteiger partial charge in [-0.3, -0.25) is 0 Å². The van der Waals surface area contributed by atoms with Gasteiger partial charge in [-0.2, -0.15) is 0 Å². The van der Waals surface area contributed by atoms with E-state index in [1.807, 2.05) is 0 Å². The van der Waals surface area contributed by atoms with E-state index in [1.165, 1.54) is 30.6 Å². The fraction of sp³-hybridized carbons (Fsp3) is 0.538. The van der Waals surface area contributed by atoms with Crippen LogP contribution in [0.15, 0.2) is 24.3 Å². The van der Waals surface area contributed by atoms with Gasteiger partial charge in [0, 0.05) is 18.8 Å². The minimum absolute atomic E-state index is 1.10. The van der Waals surface area contributed by atoms with Crippen LogP contribution in [0.4, 0.5) is 5.69 Å². The Morgan fingerprint density at radius 2 is 1.86 bits per heavy atom. The van der Waals surface area contributed by atoms with Crippen molar-refractivity contribution in [1.29, 1.82) is 0 Å². The third-order valence-corrected chi connectivity index (χ3v) is 2.62. The summed E-state index contributed by atoms with van der Waals surface area (Å²) < 4.78 is 0. The van der Waals surface area contributed by atoms with E-state index in [2.05, 4.69) is 49.9 Å². The van der Waals surface area contributed by atoms with Crippen LogP contribution in [-0.4, -0.2) is 13.1 Å². The lowest BCUT2D eigenvalue weighted by Crippen LogP contribution is -2.24. The van der Waals surface area contributed by atoms with E-state index in [4.69, 9.17) is 0 Å². The van der Waals surface area contributed by atoms with Crippen molar-refractivity contribution in [2.45, 2.75) is 33.6 Å². The van der Waals surface area contributed by atoms with Crippen LogP contribution in [0.1, 0.15) is 32.3 Å². The van der Waals surface area contributed by atoms with Crippen molar-refractivity contribution < 1.29 is 0 Å². The molecule has 0 saturated carbocycles. The molecule has 1 nitrogen and oxygen atoms in total. The normalized spacial score (nSPS) is 10.2. The molecule has 78 valence electrons. The van der Waals surface area contributed by atoms with E-state index in [-0.39, 0.29) is 0 Å². The summed E-state index contributed by atoms with van der Waals surface area (Å²) in [6.45, 7) is 8.93. The van der Waals surface area contributed by atoms with E-state index >= 15 is 0 Å². The lowest BCUT2D eigenvalue weighted by molar-refractivity contribution is 0.730. The standard InChI is InChI=1S/C13H21N/c1-4-6-11-14(5-2)13-10-8-7-9-12(13)3/h7-10H,4-6,11H2,1-3H3. The lowest BCUT2D eigenvalue weighted by atomic mass is 10.1. The Hall–Kier alpha value is -0.980. The zero-order valence-corrected chi connectivity index (χ0v) is 9.59. The first-order valence-electron chi connectivity index (χ1n) is 5.60. The molecule has 0 fully saturated rings. The monoisotopic (exact) mass is 191 g/mol. The van der Waals surface area contributed by atoms with Crippen molar-refractivity contribution in [2.75, 3.05) is 18.0 Å². The maximum atomic E-state index is 2.46. The molecule has 1 aromatic carbocycles. The molecule has 0 radical (unpaired) electrons. The molecule has 0 N–H and O–H groups in total. The van der Waals surface area contributed by atoms with Crippen LogP contribution in [-0.2, 0) is 0 Å². The van der Waals surface area contributed by atoms with Gasteiger partial charge in [0.1, 0.15) is 0 Å². The summed E-state index contributed by atoms with van der Waals surface area (Å²) in [6.07, 6.45) is 2.55. The Balaban J connectivity index is 2.73. The molecule has 0 saturated heterocycles. The summed E-state index contributed by atoms with van der Waals surface area (Å²) in [4.78, 5) is 2.46. The summed E-state index contributed by atoms with van der Waals surface area (Å²) in [5.41, 5.74) is 2.77. The maximum Gasteiger partial charge on any atom is 0.0395 e. The fourth-order valence-electron chi connectivity index (χ4n) is 1.72. The molecule has 0 heterocycles. The van der Waals surface area contributed by atoms with Crippen LogP contribution in [0.3, 0.4) is 0 Å². The summed E-state index contributed by atoms with van der Waals surface area (Å²) in [5.74, 6) is 0. The third-order valence-electron chi connectivity index (χ3n) is 2.62. The average molecular weight is 191 g/mol. The van der Waals surface area contributed by atoms with Gasteiger partial charge in [-0.25, -0.2) is 0 Å². The number of aryl methyl sites for hydroxylation is 1. The molecule has 0 bridgehead atoms. The Morgan fingerprint density at radius 3 is 2.43 bits per heavy atom. The largest absolute Gasteiger partial charge is 0.372 e. The van der Waals surface area contributed by atoms with E-state index in [1.54, 1.807) is 0 Å². The molecule has 0 aliphatic carbocycles. The first-order valence-corrected chi connectivity index (χ1v) is 5.60. The number of rotatable bonds is 5. The quantitative estimate of drug-likeness (QED) is 0.687. The average Bonchev–Trinajstić information content (AvgIpc) is 2.21. The SMILES string of the molecule is CCCCN(CC)c1ccccc1C. The van der Waals surface area contributed by atoms with Crippen molar-refractivity contribution in [3.63, 3.8) is 0 Å². The molecule has 1 heteroatoms. The van der Waals surface area contributed by atoms with Gasteiger partial charge in [-0.15, -0.1) is 0 Å². The van der Waals surface area contributed by atoms with Gasteiger partial charge in [0.05, 0.1) is 0 Å². The van der Waals surface area contributed by atoms with Crippen LogP contribution in [0.2, 0.25) is 0 Å². The molecule has 0 aromatic heterocycles. The molecular formula is C13H21N. The predicted octanol–water partition coefficient (Wildman–Crippen LogP) is 3.62. The zero-order chi connectivity index (χ0) is 10.4. The highest BCUT2D eigenvalue weighted by atomic mass is 15.1. The highest BCUT2D eigenvalue weighted by Crippen LogP contribution is 2.19. The molecule has 0 aliphatic rings. The summed E-state index contributed by atoms with van der Waals surface area (Å²) >= 11 is 0. The molecule has 0 aliphatic heterocycles. The topological polar surface area (TPSA) is 3.24 Å². The minimum Gasteiger partial charge on any atom is -0.372 e. The van der Waals surface area contributed by atoms with E-state index in [9.17, 15) is 0 Å². The van der Waals surface area contributed by atoms with Gasteiger partial charge in [0.25, 0.3) is 0 Å². The number of hydrogen-bond donors (Lipinski definition) is 0. The number of para-hydroxylation sites is 1. The highest BCUT2D eigenvalue weighted by molar-refractivity contribution is 5.52. The number of nitrogens with zero attached hydrogens (tertiary/aromatic N) is 1. The lowest BCUT2D eigenvalue weighted by Gasteiger charge is -2.24. The number of unbranched alkanes of at least 4 members (excludes halogenated alkanes) is 1. The summed E-state index contributed by atoms with van der Waals surface area (Å²) in [5, 5.41) is 0. The second-order valence-corrected chi connectivity index (χ2v) is 3.72. The molecule has 0 unspecified atom stereocenters. The van der Waals surface area contributed by atoms with E-state index in [0.29, 0.717) is 0 Å². The van der Waals surface area contributed by atoms with Crippen molar-refractivity contribution in [3.05, 3.63) is 29.8 Å². The fourth-order valence-corrected chi connectivity index (χ4v) is 1.72. The van der Waals surface area contributed by atoms with Gasteiger partial charge in [0.15, 0.2) is 0 Å². The highest BCUT2D eigenvalue weighted by Gasteiger charge is 2.04. The molecule has 1 aromatic rings. The Labute approximate surface area is 87.7 Å². The zero-order valence-electron chi connectivity index (χ0n) is 9.59. The Kier molecular flexibility index (Phi) is 4.51. The summed E-state index contributed by atoms with van der Waals surface area (Å²) in [6, 6.07) is 8.63. The van der Waals surface area contributed by atoms with E-state index < -0.39 is 0 Å². The first-order chi connectivity index (χ1) is 6.79. The van der Waals surface area contributed by atoms with Crippen LogP contribution in [0.5, 0.6) is 0 Å². The van der Waals surface area contributed by atoms with Gasteiger partial charge >= 0.3 is 0 Å². The van der Waals surface area contributed by atoms with Crippen molar-refractivity contribution >= 4 is 5.69 Å². The van der Waals surface area contributed by atoms with Crippen LogP contribution in [0, 0.1) is 6.92 Å². The second-order valence-electron chi connectivity index (χ2n) is 3.72. The van der Waals surface area contributed by atoms with Crippen molar-refractivity contribution in [2.24, 2.45) is 0 Å². The van der Waals surface area contributed by atoms with Gasteiger partial charge in [0.2, 0.25) is 0 Å². The summed E-state index contributed by atoms with van der Waals surface area (Å²) in [7, 11) is 0. The molecule has 0 amide bonds. The van der Waals surface area contributed by atoms with Gasteiger partial charge < -0.3 is 4.90 Å². The van der Waals surface area contributed by atoms with Gasteiger partial charge in [-0.05, 0) is 31.9 Å². The molecular weight excluding hydrogens is 170 g/mol. The maximum absolute atomic E-state index is 2.46. The first kappa shape index (κ1) is 11.1.